The lowest BCUT2D eigenvalue weighted by Gasteiger charge is -2.07. The highest BCUT2D eigenvalue weighted by Gasteiger charge is 2.10. The summed E-state index contributed by atoms with van der Waals surface area (Å²) in [6.45, 7) is 0.573. The Balaban J connectivity index is 2.21. The average Bonchev–Trinajstić information content (AvgIpc) is 2.87. The number of benzene rings is 1. The third-order valence-corrected chi connectivity index (χ3v) is 2.66. The van der Waals surface area contributed by atoms with Crippen molar-refractivity contribution in [1.29, 1.82) is 5.26 Å². The summed E-state index contributed by atoms with van der Waals surface area (Å²) in [6.07, 6.45) is 1.82. The summed E-state index contributed by atoms with van der Waals surface area (Å²) in [5.74, 6) is -0.353. The predicted octanol–water partition coefficient (Wildman–Crippen LogP) is 2.19. The molecule has 0 N–H and O–H groups in total. The molecular formula is C14H12N2O2. The van der Waals surface area contributed by atoms with Crippen molar-refractivity contribution >= 4 is 5.97 Å². The van der Waals surface area contributed by atoms with Crippen molar-refractivity contribution in [3.05, 3.63) is 59.4 Å². The lowest BCUT2D eigenvalue weighted by Crippen LogP contribution is -2.10. The summed E-state index contributed by atoms with van der Waals surface area (Å²) < 4.78 is 6.52. The van der Waals surface area contributed by atoms with Gasteiger partial charge in [-0.2, -0.15) is 5.26 Å². The van der Waals surface area contributed by atoms with Crippen LogP contribution in [0.1, 0.15) is 21.6 Å². The molecule has 0 saturated carbocycles. The molecule has 90 valence electrons. The van der Waals surface area contributed by atoms with Gasteiger partial charge in [-0.15, -0.1) is 0 Å². The van der Waals surface area contributed by atoms with E-state index in [4.69, 9.17) is 10.00 Å². The number of nitrogens with zero attached hydrogens (tertiary/aromatic N) is 2. The first-order valence-electron chi connectivity index (χ1n) is 5.47. The Morgan fingerprint density at radius 2 is 2.06 bits per heavy atom. The van der Waals surface area contributed by atoms with Crippen molar-refractivity contribution in [2.45, 2.75) is 6.54 Å². The summed E-state index contributed by atoms with van der Waals surface area (Å²) in [5.41, 5.74) is 2.16. The number of carbonyl (C=O) groups excluding carboxylic acids is 1. The number of ether oxygens (including phenoxy) is 1. The fourth-order valence-electron chi connectivity index (χ4n) is 1.72. The Hall–Kier alpha value is -2.54. The number of methoxy groups -OCH3 is 1. The molecule has 0 aliphatic rings. The van der Waals surface area contributed by atoms with Crippen molar-refractivity contribution in [1.82, 2.24) is 4.57 Å². The zero-order chi connectivity index (χ0) is 13.0. The highest BCUT2D eigenvalue weighted by atomic mass is 16.5. The standard InChI is InChI=1S/C14H12N2O2/c1-18-14(17)13-3-2-8-16(13)10-12-6-4-11(9-15)5-7-12/h2-8H,10H2,1H3. The molecule has 0 radical (unpaired) electrons. The van der Waals surface area contributed by atoms with E-state index in [1.807, 2.05) is 22.9 Å². The van der Waals surface area contributed by atoms with E-state index in [0.717, 1.165) is 5.56 Å². The van der Waals surface area contributed by atoms with Crippen molar-refractivity contribution in [3.63, 3.8) is 0 Å². The topological polar surface area (TPSA) is 55.0 Å². The van der Waals surface area contributed by atoms with Crippen LogP contribution in [0.15, 0.2) is 42.6 Å². The first-order valence-corrected chi connectivity index (χ1v) is 5.47. The van der Waals surface area contributed by atoms with Crippen LogP contribution < -0.4 is 0 Å². The number of hydrogen-bond acceptors (Lipinski definition) is 3. The van der Waals surface area contributed by atoms with Crippen LogP contribution in [0.25, 0.3) is 0 Å². The molecule has 4 heteroatoms. The van der Waals surface area contributed by atoms with E-state index in [1.54, 1.807) is 24.3 Å². The van der Waals surface area contributed by atoms with Gasteiger partial charge in [-0.05, 0) is 29.8 Å². The van der Waals surface area contributed by atoms with Gasteiger partial charge in [-0.25, -0.2) is 4.79 Å². The van der Waals surface area contributed by atoms with Crippen molar-refractivity contribution in [2.75, 3.05) is 7.11 Å². The van der Waals surface area contributed by atoms with Crippen LogP contribution in [0.5, 0.6) is 0 Å². The molecule has 0 fully saturated rings. The van der Waals surface area contributed by atoms with Gasteiger partial charge in [-0.3, -0.25) is 0 Å². The molecular weight excluding hydrogens is 228 g/mol. The van der Waals surface area contributed by atoms with E-state index < -0.39 is 0 Å². The quantitative estimate of drug-likeness (QED) is 0.773. The zero-order valence-corrected chi connectivity index (χ0v) is 9.96. The van der Waals surface area contributed by atoms with Crippen LogP contribution in [0, 0.1) is 11.3 Å². The van der Waals surface area contributed by atoms with Crippen LogP contribution >= 0.6 is 0 Å². The molecule has 0 bridgehead atoms. The first kappa shape index (κ1) is 11.9. The monoisotopic (exact) mass is 240 g/mol. The molecule has 0 unspecified atom stereocenters. The molecule has 1 heterocycles. The summed E-state index contributed by atoms with van der Waals surface area (Å²) in [7, 11) is 1.36. The number of nitriles is 1. The van der Waals surface area contributed by atoms with E-state index >= 15 is 0 Å². The second kappa shape index (κ2) is 5.19. The van der Waals surface area contributed by atoms with E-state index in [0.29, 0.717) is 17.8 Å². The molecule has 2 rings (SSSR count). The average molecular weight is 240 g/mol. The molecule has 0 amide bonds. The summed E-state index contributed by atoms with van der Waals surface area (Å²) in [4.78, 5) is 11.5. The van der Waals surface area contributed by atoms with Crippen LogP contribution in [-0.4, -0.2) is 17.6 Å². The van der Waals surface area contributed by atoms with E-state index in [-0.39, 0.29) is 5.97 Å². The van der Waals surface area contributed by atoms with Gasteiger partial charge >= 0.3 is 5.97 Å². The highest BCUT2D eigenvalue weighted by Crippen LogP contribution is 2.10. The smallest absolute Gasteiger partial charge is 0.354 e. The van der Waals surface area contributed by atoms with Gasteiger partial charge in [-0.1, -0.05) is 12.1 Å². The van der Waals surface area contributed by atoms with Crippen molar-refractivity contribution in [2.24, 2.45) is 0 Å². The van der Waals surface area contributed by atoms with Crippen LogP contribution in [0.2, 0.25) is 0 Å². The van der Waals surface area contributed by atoms with Crippen LogP contribution in [-0.2, 0) is 11.3 Å². The molecule has 0 aliphatic carbocycles. The summed E-state index contributed by atoms with van der Waals surface area (Å²) >= 11 is 0. The minimum Gasteiger partial charge on any atom is -0.464 e. The van der Waals surface area contributed by atoms with Crippen molar-refractivity contribution < 1.29 is 9.53 Å². The SMILES string of the molecule is COC(=O)c1cccn1Cc1ccc(C#N)cc1. The van der Waals surface area contributed by atoms with E-state index in [2.05, 4.69) is 6.07 Å². The third-order valence-electron chi connectivity index (χ3n) is 2.66. The molecule has 0 saturated heterocycles. The third kappa shape index (κ3) is 2.41. The molecule has 1 aromatic carbocycles. The van der Waals surface area contributed by atoms with Gasteiger partial charge in [0.15, 0.2) is 0 Å². The molecule has 1 aromatic heterocycles. The van der Waals surface area contributed by atoms with E-state index in [1.165, 1.54) is 7.11 Å². The summed E-state index contributed by atoms with van der Waals surface area (Å²) in [5, 5.41) is 8.72. The predicted molar refractivity (Wildman–Crippen MR) is 66.0 cm³/mol. The number of rotatable bonds is 3. The second-order valence-corrected chi connectivity index (χ2v) is 3.82. The van der Waals surface area contributed by atoms with Gasteiger partial charge in [0.25, 0.3) is 0 Å². The fourth-order valence-corrected chi connectivity index (χ4v) is 1.72. The minimum atomic E-state index is -0.353. The maximum Gasteiger partial charge on any atom is 0.354 e. The largest absolute Gasteiger partial charge is 0.464 e. The molecule has 0 atom stereocenters. The maximum absolute atomic E-state index is 11.5. The van der Waals surface area contributed by atoms with Crippen molar-refractivity contribution in [3.8, 4) is 6.07 Å². The summed E-state index contributed by atoms with van der Waals surface area (Å²) in [6, 6.07) is 12.9. The Morgan fingerprint density at radius 1 is 1.33 bits per heavy atom. The maximum atomic E-state index is 11.5. The number of aromatic nitrogens is 1. The van der Waals surface area contributed by atoms with E-state index in [9.17, 15) is 4.79 Å². The van der Waals surface area contributed by atoms with Gasteiger partial charge in [0.2, 0.25) is 0 Å². The number of esters is 1. The molecule has 2 aromatic rings. The van der Waals surface area contributed by atoms with Gasteiger partial charge in [0.1, 0.15) is 5.69 Å². The van der Waals surface area contributed by atoms with Crippen LogP contribution in [0.3, 0.4) is 0 Å². The number of hydrogen-bond donors (Lipinski definition) is 0. The molecule has 0 spiro atoms. The van der Waals surface area contributed by atoms with Gasteiger partial charge < -0.3 is 9.30 Å². The lowest BCUT2D eigenvalue weighted by molar-refractivity contribution is 0.0589. The Bertz CT molecular complexity index is 591. The molecule has 0 aliphatic heterocycles. The Labute approximate surface area is 105 Å². The van der Waals surface area contributed by atoms with Crippen LogP contribution in [0.4, 0.5) is 0 Å². The number of carbonyl (C=O) groups is 1. The van der Waals surface area contributed by atoms with Gasteiger partial charge in [0, 0.05) is 12.7 Å². The lowest BCUT2D eigenvalue weighted by atomic mass is 10.1. The Morgan fingerprint density at radius 3 is 2.67 bits per heavy atom. The second-order valence-electron chi connectivity index (χ2n) is 3.82. The highest BCUT2D eigenvalue weighted by molar-refractivity contribution is 5.87. The Kier molecular flexibility index (Phi) is 3.44. The first-order chi connectivity index (χ1) is 8.74. The fraction of sp³-hybridized carbons (Fsp3) is 0.143. The normalized spacial score (nSPS) is 9.78. The van der Waals surface area contributed by atoms with Gasteiger partial charge in [0.05, 0.1) is 18.7 Å². The molecule has 18 heavy (non-hydrogen) atoms. The zero-order valence-electron chi connectivity index (χ0n) is 9.96. The minimum absolute atomic E-state index is 0.353. The molecule has 4 nitrogen and oxygen atoms in total.